The molecule has 0 saturated carbocycles. The third-order valence-electron chi connectivity index (χ3n) is 3.71. The van der Waals surface area contributed by atoms with Crippen molar-refractivity contribution in [2.24, 2.45) is 5.92 Å². The van der Waals surface area contributed by atoms with Gasteiger partial charge in [0.1, 0.15) is 0 Å². The van der Waals surface area contributed by atoms with Gasteiger partial charge >= 0.3 is 0 Å². The average Bonchev–Trinajstić information content (AvgIpc) is 2.46. The summed E-state index contributed by atoms with van der Waals surface area (Å²) in [6.45, 7) is 22.6. The fourth-order valence-corrected chi connectivity index (χ4v) is 2.34. The number of anilines is 1. The Balaban J connectivity index is 3.20. The normalized spacial score (nSPS) is 11.2. The lowest BCUT2D eigenvalue weighted by molar-refractivity contribution is 0.890. The molecule has 0 heterocycles. The van der Waals surface area contributed by atoms with E-state index in [1.165, 1.54) is 0 Å². The number of hydrogen-bond acceptors (Lipinski definition) is 1. The molecule has 0 aliphatic rings. The van der Waals surface area contributed by atoms with Crippen molar-refractivity contribution >= 4 is 5.69 Å². The number of allylic oxidation sites excluding steroid dienone is 4. The van der Waals surface area contributed by atoms with E-state index in [-0.39, 0.29) is 5.92 Å². The molecule has 0 saturated heterocycles. The van der Waals surface area contributed by atoms with Gasteiger partial charge in [0.15, 0.2) is 0 Å². The molecule has 1 heteroatoms. The maximum Gasteiger partial charge on any atom is 0.0408 e. The second kappa shape index (κ2) is 7.65. The van der Waals surface area contributed by atoms with Crippen molar-refractivity contribution in [3.63, 3.8) is 0 Å². The molecule has 0 radical (unpaired) electrons. The second-order valence-corrected chi connectivity index (χ2v) is 5.87. The van der Waals surface area contributed by atoms with Gasteiger partial charge in [-0.15, -0.1) is 0 Å². The van der Waals surface area contributed by atoms with E-state index < -0.39 is 0 Å². The molecule has 0 atom stereocenters. The maximum atomic E-state index is 4.26. The Kier molecular flexibility index (Phi) is 6.18. The van der Waals surface area contributed by atoms with Crippen LogP contribution in [0.5, 0.6) is 0 Å². The van der Waals surface area contributed by atoms with Crippen LogP contribution in [0.4, 0.5) is 5.69 Å². The van der Waals surface area contributed by atoms with Crippen LogP contribution in [0.15, 0.2) is 90.7 Å². The number of hydrogen-bond donors (Lipinski definition) is 0. The zero-order valence-electron chi connectivity index (χ0n) is 14.3. The van der Waals surface area contributed by atoms with E-state index in [1.54, 1.807) is 0 Å². The summed E-state index contributed by atoms with van der Waals surface area (Å²) in [6, 6.07) is 10.2. The second-order valence-electron chi connectivity index (χ2n) is 5.87. The molecule has 1 aromatic carbocycles. The molecule has 1 aromatic rings. The Bertz CT molecular complexity index is 603. The van der Waals surface area contributed by atoms with Crippen molar-refractivity contribution in [3.8, 4) is 0 Å². The van der Waals surface area contributed by atoms with Gasteiger partial charge in [-0.3, -0.25) is 0 Å². The molecular weight excluding hydrogens is 266 g/mol. The van der Waals surface area contributed by atoms with Crippen molar-refractivity contribution in [2.45, 2.75) is 20.8 Å². The highest BCUT2D eigenvalue weighted by molar-refractivity contribution is 5.59. The van der Waals surface area contributed by atoms with E-state index in [0.717, 1.165) is 33.7 Å². The Hall–Kier alpha value is -2.28. The third kappa shape index (κ3) is 4.36. The van der Waals surface area contributed by atoms with Crippen LogP contribution in [0.3, 0.4) is 0 Å². The first kappa shape index (κ1) is 17.8. The lowest BCUT2D eigenvalue weighted by Gasteiger charge is -2.26. The van der Waals surface area contributed by atoms with Crippen molar-refractivity contribution in [1.29, 1.82) is 0 Å². The lowest BCUT2D eigenvalue weighted by atomic mass is 9.90. The Morgan fingerprint density at radius 1 is 0.955 bits per heavy atom. The van der Waals surface area contributed by atoms with Crippen molar-refractivity contribution < 1.29 is 0 Å². The topological polar surface area (TPSA) is 3.24 Å². The molecule has 0 spiro atoms. The van der Waals surface area contributed by atoms with Gasteiger partial charge in [-0.1, -0.05) is 61.7 Å². The van der Waals surface area contributed by atoms with Crippen molar-refractivity contribution in [3.05, 3.63) is 90.7 Å². The predicted molar refractivity (Wildman–Crippen MR) is 100 cm³/mol. The van der Waals surface area contributed by atoms with Gasteiger partial charge in [0, 0.05) is 24.4 Å². The predicted octanol–water partition coefficient (Wildman–Crippen LogP) is 5.91. The van der Waals surface area contributed by atoms with E-state index in [1.807, 2.05) is 46.0 Å². The molecule has 0 unspecified atom stereocenters. The summed E-state index contributed by atoms with van der Waals surface area (Å²) >= 11 is 0. The van der Waals surface area contributed by atoms with E-state index >= 15 is 0 Å². The monoisotopic (exact) mass is 293 g/mol. The molecule has 0 amide bonds. The summed E-state index contributed by atoms with van der Waals surface area (Å²) in [5.74, 6) is 0.132. The van der Waals surface area contributed by atoms with Crippen LogP contribution < -0.4 is 4.90 Å². The van der Waals surface area contributed by atoms with Crippen LogP contribution in [0.25, 0.3) is 0 Å². The molecule has 22 heavy (non-hydrogen) atoms. The number of likely N-dealkylation sites (N-methyl/N-ethyl adjacent to an activating group) is 1. The Morgan fingerprint density at radius 2 is 1.45 bits per heavy atom. The van der Waals surface area contributed by atoms with Crippen LogP contribution in [-0.2, 0) is 0 Å². The molecule has 116 valence electrons. The SMILES string of the molecule is C=C(C)/C(=C/C(C(=C)C)C(=C)C)C(=C)N(C)c1ccccc1. The molecule has 0 aliphatic carbocycles. The summed E-state index contributed by atoms with van der Waals surface area (Å²) in [5.41, 5.74) is 6.19. The summed E-state index contributed by atoms with van der Waals surface area (Å²) in [4.78, 5) is 2.08. The lowest BCUT2D eigenvalue weighted by Crippen LogP contribution is -2.18. The van der Waals surface area contributed by atoms with Crippen LogP contribution in [-0.4, -0.2) is 7.05 Å². The summed E-state index contributed by atoms with van der Waals surface area (Å²) in [5, 5.41) is 0. The van der Waals surface area contributed by atoms with Crippen molar-refractivity contribution in [2.75, 3.05) is 11.9 Å². The maximum absolute atomic E-state index is 4.26. The minimum absolute atomic E-state index is 0.132. The summed E-state index contributed by atoms with van der Waals surface area (Å²) < 4.78 is 0. The number of para-hydroxylation sites is 1. The fraction of sp³-hybridized carbons (Fsp3) is 0.238. The molecule has 0 fully saturated rings. The highest BCUT2D eigenvalue weighted by Crippen LogP contribution is 2.29. The smallest absolute Gasteiger partial charge is 0.0408 e. The Labute approximate surface area is 135 Å². The number of rotatable bonds is 7. The first-order chi connectivity index (χ1) is 10.3. The molecular formula is C21H27N. The minimum Gasteiger partial charge on any atom is -0.345 e. The van der Waals surface area contributed by atoms with Crippen LogP contribution in [0, 0.1) is 5.92 Å². The van der Waals surface area contributed by atoms with Gasteiger partial charge < -0.3 is 4.90 Å². The first-order valence-electron chi connectivity index (χ1n) is 7.42. The average molecular weight is 293 g/mol. The fourth-order valence-electron chi connectivity index (χ4n) is 2.34. The van der Waals surface area contributed by atoms with Gasteiger partial charge in [-0.2, -0.15) is 0 Å². The largest absolute Gasteiger partial charge is 0.345 e. The molecule has 1 rings (SSSR count). The van der Waals surface area contributed by atoms with Gasteiger partial charge in [-0.25, -0.2) is 0 Å². The van der Waals surface area contributed by atoms with Crippen LogP contribution in [0.2, 0.25) is 0 Å². The summed E-state index contributed by atoms with van der Waals surface area (Å²) in [6.07, 6.45) is 2.16. The zero-order chi connectivity index (χ0) is 16.9. The van der Waals surface area contributed by atoms with E-state index in [0.29, 0.717) is 0 Å². The minimum atomic E-state index is 0.132. The number of benzene rings is 1. The number of nitrogens with zero attached hydrogens (tertiary/aromatic N) is 1. The first-order valence-corrected chi connectivity index (χ1v) is 7.42. The molecule has 0 aliphatic heterocycles. The van der Waals surface area contributed by atoms with Gasteiger partial charge in [-0.05, 0) is 44.1 Å². The molecule has 0 aromatic heterocycles. The van der Waals surface area contributed by atoms with E-state index in [2.05, 4.69) is 49.4 Å². The third-order valence-corrected chi connectivity index (χ3v) is 3.71. The van der Waals surface area contributed by atoms with Crippen LogP contribution >= 0.6 is 0 Å². The van der Waals surface area contributed by atoms with Gasteiger partial charge in [0.25, 0.3) is 0 Å². The molecule has 0 N–H and O–H groups in total. The van der Waals surface area contributed by atoms with Crippen molar-refractivity contribution in [1.82, 2.24) is 0 Å². The van der Waals surface area contributed by atoms with E-state index in [4.69, 9.17) is 0 Å². The highest BCUT2D eigenvalue weighted by Gasteiger charge is 2.15. The Morgan fingerprint density at radius 3 is 1.86 bits per heavy atom. The highest BCUT2D eigenvalue weighted by atomic mass is 15.1. The zero-order valence-corrected chi connectivity index (χ0v) is 14.3. The van der Waals surface area contributed by atoms with Gasteiger partial charge in [0.2, 0.25) is 0 Å². The molecule has 0 bridgehead atoms. The van der Waals surface area contributed by atoms with E-state index in [9.17, 15) is 0 Å². The van der Waals surface area contributed by atoms with Gasteiger partial charge in [0.05, 0.1) is 0 Å². The standard InChI is InChI=1S/C21H27N/c1-15(2)20(16(3)4)14-21(17(5)6)18(7)22(8)19-12-10-9-11-13-19/h9-14,20H,1,3,5,7H2,2,4,6,8H3/b21-14-. The summed E-state index contributed by atoms with van der Waals surface area (Å²) in [7, 11) is 2.02. The van der Waals surface area contributed by atoms with Crippen LogP contribution in [0.1, 0.15) is 20.8 Å². The molecule has 1 nitrogen and oxygen atoms in total. The quantitative estimate of drug-likeness (QED) is 0.446.